The van der Waals surface area contributed by atoms with Crippen LogP contribution >= 0.6 is 0 Å². The van der Waals surface area contributed by atoms with E-state index in [9.17, 15) is 0 Å². The van der Waals surface area contributed by atoms with Gasteiger partial charge in [-0.3, -0.25) is 4.90 Å². The van der Waals surface area contributed by atoms with Gasteiger partial charge in [0.05, 0.1) is 6.54 Å². The van der Waals surface area contributed by atoms with Crippen molar-refractivity contribution >= 4 is 0 Å². The Kier molecular flexibility index (Phi) is 7.06. The van der Waals surface area contributed by atoms with Crippen molar-refractivity contribution in [1.82, 2.24) is 4.90 Å². The normalized spacial score (nSPS) is 11.4. The number of aryl methyl sites for hydroxylation is 1. The minimum Gasteiger partial charge on any atom is -0.465 e. The lowest BCUT2D eigenvalue weighted by molar-refractivity contribution is 0.235. The number of furan rings is 1. The van der Waals surface area contributed by atoms with Gasteiger partial charge in [-0.2, -0.15) is 0 Å². The van der Waals surface area contributed by atoms with Gasteiger partial charge in [-0.05, 0) is 38.9 Å². The van der Waals surface area contributed by atoms with Gasteiger partial charge in [0.15, 0.2) is 0 Å². The van der Waals surface area contributed by atoms with E-state index in [-0.39, 0.29) is 0 Å². The molecular formula is C15H28N2O. The van der Waals surface area contributed by atoms with Crippen LogP contribution in [-0.2, 0) is 13.1 Å². The third-order valence-electron chi connectivity index (χ3n) is 3.33. The van der Waals surface area contributed by atoms with Crippen LogP contribution in [0.5, 0.6) is 0 Å². The molecule has 1 rings (SSSR count). The molecule has 0 fully saturated rings. The highest BCUT2D eigenvalue weighted by atomic mass is 16.3. The molecular weight excluding hydrogens is 224 g/mol. The lowest BCUT2D eigenvalue weighted by Gasteiger charge is -2.20. The van der Waals surface area contributed by atoms with Crippen LogP contribution in [0, 0.1) is 6.92 Å². The Bertz CT molecular complexity index is 325. The predicted molar refractivity (Wildman–Crippen MR) is 76.4 cm³/mol. The minimum absolute atomic E-state index is 0.569. The van der Waals surface area contributed by atoms with Crippen molar-refractivity contribution in [3.8, 4) is 0 Å². The molecule has 0 amide bonds. The van der Waals surface area contributed by atoms with E-state index in [0.29, 0.717) is 6.54 Å². The van der Waals surface area contributed by atoms with E-state index < -0.39 is 0 Å². The van der Waals surface area contributed by atoms with Gasteiger partial charge < -0.3 is 10.2 Å². The first kappa shape index (κ1) is 15.3. The van der Waals surface area contributed by atoms with Gasteiger partial charge in [0, 0.05) is 12.1 Å². The fourth-order valence-corrected chi connectivity index (χ4v) is 2.12. The molecule has 0 saturated heterocycles. The molecule has 3 nitrogen and oxygen atoms in total. The average molecular weight is 252 g/mol. The van der Waals surface area contributed by atoms with Crippen molar-refractivity contribution < 1.29 is 4.42 Å². The van der Waals surface area contributed by atoms with E-state index in [1.165, 1.54) is 25.7 Å². The molecule has 0 unspecified atom stereocenters. The molecule has 3 heteroatoms. The molecule has 0 aliphatic heterocycles. The zero-order chi connectivity index (χ0) is 13.4. The summed E-state index contributed by atoms with van der Waals surface area (Å²) in [6.45, 7) is 10.3. The number of unbranched alkanes of at least 4 members (excludes halogenated alkanes) is 2. The molecule has 1 aromatic heterocycles. The van der Waals surface area contributed by atoms with Crippen LogP contribution in [0.25, 0.3) is 0 Å². The maximum atomic E-state index is 5.77. The van der Waals surface area contributed by atoms with Gasteiger partial charge in [0.1, 0.15) is 11.5 Å². The Morgan fingerprint density at radius 1 is 1.17 bits per heavy atom. The number of hydrogen-bond donors (Lipinski definition) is 1. The van der Waals surface area contributed by atoms with E-state index in [4.69, 9.17) is 10.2 Å². The molecule has 104 valence electrons. The van der Waals surface area contributed by atoms with Crippen LogP contribution in [0.4, 0.5) is 0 Å². The summed E-state index contributed by atoms with van der Waals surface area (Å²) in [5.74, 6) is 2.03. The molecule has 18 heavy (non-hydrogen) atoms. The second-order valence-electron chi connectivity index (χ2n) is 4.98. The first-order chi connectivity index (χ1) is 8.71. The van der Waals surface area contributed by atoms with Gasteiger partial charge in [0.25, 0.3) is 0 Å². The Labute approximate surface area is 111 Å². The Balaban J connectivity index is 2.56. The smallest absolute Gasteiger partial charge is 0.118 e. The molecule has 1 heterocycles. The standard InChI is InChI=1S/C15H28N2O/c1-4-6-8-17(9-7-5-2)12-15-10-14(11-16)13(3)18-15/h10H,4-9,11-12,16H2,1-3H3. The summed E-state index contributed by atoms with van der Waals surface area (Å²) in [6.07, 6.45) is 5.00. The second kappa shape index (κ2) is 8.33. The Hall–Kier alpha value is -0.800. The van der Waals surface area contributed by atoms with E-state index in [2.05, 4.69) is 24.8 Å². The van der Waals surface area contributed by atoms with Crippen molar-refractivity contribution in [1.29, 1.82) is 0 Å². The summed E-state index contributed by atoms with van der Waals surface area (Å²) in [5, 5.41) is 0. The molecule has 0 spiro atoms. The van der Waals surface area contributed by atoms with Gasteiger partial charge in [-0.1, -0.05) is 26.7 Å². The fraction of sp³-hybridized carbons (Fsp3) is 0.733. The highest BCUT2D eigenvalue weighted by Gasteiger charge is 2.10. The Morgan fingerprint density at radius 2 is 1.78 bits per heavy atom. The van der Waals surface area contributed by atoms with Crippen molar-refractivity contribution in [3.05, 3.63) is 23.2 Å². The number of nitrogens with zero attached hydrogens (tertiary/aromatic N) is 1. The van der Waals surface area contributed by atoms with E-state index in [1.807, 2.05) is 6.92 Å². The molecule has 0 saturated carbocycles. The molecule has 0 aromatic carbocycles. The van der Waals surface area contributed by atoms with Gasteiger partial charge in [0.2, 0.25) is 0 Å². The van der Waals surface area contributed by atoms with Crippen molar-refractivity contribution in [2.75, 3.05) is 13.1 Å². The summed E-state index contributed by atoms with van der Waals surface area (Å²) in [7, 11) is 0. The molecule has 0 aliphatic carbocycles. The van der Waals surface area contributed by atoms with Crippen molar-refractivity contribution in [3.63, 3.8) is 0 Å². The highest BCUT2D eigenvalue weighted by molar-refractivity contribution is 5.20. The first-order valence-corrected chi connectivity index (χ1v) is 7.21. The zero-order valence-corrected chi connectivity index (χ0v) is 12.2. The SMILES string of the molecule is CCCCN(CCCC)Cc1cc(CN)c(C)o1. The topological polar surface area (TPSA) is 42.4 Å². The quantitative estimate of drug-likeness (QED) is 0.732. The van der Waals surface area contributed by atoms with Crippen molar-refractivity contribution in [2.45, 2.75) is 59.5 Å². The predicted octanol–water partition coefficient (Wildman–Crippen LogP) is 3.45. The Morgan fingerprint density at radius 3 is 2.22 bits per heavy atom. The summed E-state index contributed by atoms with van der Waals surface area (Å²) >= 11 is 0. The highest BCUT2D eigenvalue weighted by Crippen LogP contribution is 2.16. The third-order valence-corrected chi connectivity index (χ3v) is 3.33. The summed E-state index contributed by atoms with van der Waals surface area (Å²) in [4.78, 5) is 2.49. The van der Waals surface area contributed by atoms with Crippen LogP contribution < -0.4 is 5.73 Å². The summed E-state index contributed by atoms with van der Waals surface area (Å²) in [5.41, 5.74) is 6.82. The monoisotopic (exact) mass is 252 g/mol. The van der Waals surface area contributed by atoms with Crippen molar-refractivity contribution in [2.24, 2.45) is 5.73 Å². The van der Waals surface area contributed by atoms with E-state index in [1.54, 1.807) is 0 Å². The summed E-state index contributed by atoms with van der Waals surface area (Å²) in [6, 6.07) is 2.11. The van der Waals surface area contributed by atoms with E-state index >= 15 is 0 Å². The van der Waals surface area contributed by atoms with Crippen LogP contribution in [-0.4, -0.2) is 18.0 Å². The molecule has 0 bridgehead atoms. The van der Waals surface area contributed by atoms with Crippen LogP contribution in [0.15, 0.2) is 10.5 Å². The maximum absolute atomic E-state index is 5.77. The molecule has 0 aliphatic rings. The molecule has 1 aromatic rings. The number of rotatable bonds is 9. The summed E-state index contributed by atoms with van der Waals surface area (Å²) < 4.78 is 5.77. The molecule has 0 atom stereocenters. The average Bonchev–Trinajstić information content (AvgIpc) is 2.72. The largest absolute Gasteiger partial charge is 0.465 e. The number of nitrogens with two attached hydrogens (primary N) is 1. The third kappa shape index (κ3) is 4.83. The molecule has 0 radical (unpaired) electrons. The van der Waals surface area contributed by atoms with E-state index in [0.717, 1.165) is 36.7 Å². The second-order valence-corrected chi connectivity index (χ2v) is 4.98. The van der Waals surface area contributed by atoms with Gasteiger partial charge in [-0.15, -0.1) is 0 Å². The number of hydrogen-bond acceptors (Lipinski definition) is 3. The maximum Gasteiger partial charge on any atom is 0.118 e. The molecule has 2 N–H and O–H groups in total. The lowest BCUT2D eigenvalue weighted by Crippen LogP contribution is -2.25. The zero-order valence-electron chi connectivity index (χ0n) is 12.2. The fourth-order valence-electron chi connectivity index (χ4n) is 2.12. The van der Waals surface area contributed by atoms with Crippen LogP contribution in [0.2, 0.25) is 0 Å². The van der Waals surface area contributed by atoms with Crippen LogP contribution in [0.3, 0.4) is 0 Å². The lowest BCUT2D eigenvalue weighted by atomic mass is 10.2. The van der Waals surface area contributed by atoms with Crippen LogP contribution in [0.1, 0.15) is 56.6 Å². The van der Waals surface area contributed by atoms with Gasteiger partial charge in [-0.25, -0.2) is 0 Å². The minimum atomic E-state index is 0.569. The first-order valence-electron chi connectivity index (χ1n) is 7.21. The van der Waals surface area contributed by atoms with Gasteiger partial charge >= 0.3 is 0 Å².